The Hall–Kier alpha value is -3.22. The fourth-order valence-corrected chi connectivity index (χ4v) is 11.9. The second kappa shape index (κ2) is 55.3. The average molecular weight is 1470 g/mol. The predicted octanol–water partition coefficient (Wildman–Crippen LogP) is 2.49. The van der Waals surface area contributed by atoms with Crippen LogP contribution in [0.25, 0.3) is 0 Å². The van der Waals surface area contributed by atoms with Gasteiger partial charge in [0.1, 0.15) is 36.6 Å². The van der Waals surface area contributed by atoms with Gasteiger partial charge in [-0.1, -0.05) is 79.6 Å². The number of ether oxygens (including phenoxy) is 7. The SMILES string of the molecule is C.CC(C)OCCCNC(=O)CCCC(=O)NC(CCC(=O)NCCCCCCOC1OC(CO)C(O)C(O)C1C)(CCC(=O)NCCCCCCOC1OC(CO)C(O)C(O)C1C)CCC(=O)NCCCCCCOC1OC(CO)C(O)C(O)C1C.COP(=O)(O)OCCCCCCN. The van der Waals surface area contributed by atoms with Crippen LogP contribution in [0.5, 0.6) is 0 Å². The number of nitrogens with one attached hydrogen (secondary N) is 5. The van der Waals surface area contributed by atoms with E-state index >= 15 is 0 Å². The summed E-state index contributed by atoms with van der Waals surface area (Å²) in [4.78, 5) is 75.9. The Morgan fingerprint density at radius 1 is 0.450 bits per heavy atom. The topological polar surface area (TPSA) is 474 Å². The Bertz CT molecular complexity index is 2040. The molecule has 3 saturated heterocycles. The van der Waals surface area contributed by atoms with E-state index in [-0.39, 0.29) is 107 Å². The number of carbonyl (C=O) groups is 5. The van der Waals surface area contributed by atoms with E-state index < -0.39 is 125 Å². The number of hydrogen-bond donors (Lipinski definition) is 16. The quantitative estimate of drug-likeness (QED) is 0.0307. The summed E-state index contributed by atoms with van der Waals surface area (Å²) in [5.41, 5.74) is 4.13. The zero-order chi connectivity index (χ0) is 73.6. The number of aliphatic hydroxyl groups excluding tert-OH is 9. The van der Waals surface area contributed by atoms with Crippen molar-refractivity contribution in [2.24, 2.45) is 23.5 Å². The van der Waals surface area contributed by atoms with Gasteiger partial charge in [0.2, 0.25) is 29.5 Å². The highest BCUT2D eigenvalue weighted by molar-refractivity contribution is 7.47. The standard InChI is InChI=1S/C60H111N5O21.C7H18NO4P.CH4/c1-39(2)80-35-19-31-64-46(69)20-18-21-50(73)65-60(25-22-47(70)61-28-12-6-9-15-32-81-57-40(3)51(74)54(77)43(36-66)84-57,26-23-48(71)62-29-13-7-10-16-33-82-58-41(4)52(75)55(78)44(37-67)85-58)27-24-49(72)63-30-14-8-11-17-34-83-59-42(5)53(76)56(79)45(38-68)86-59;1-11-13(9,10)12-7-5-3-2-4-6-8;/h39-45,51-59,66-68,74-79H,6-38H2,1-5H3,(H,61,70)(H,62,71)(H,63,72)(H,64,69)(H,65,73);2-8H2,1H3,(H,9,10);1H4. The molecule has 3 aliphatic heterocycles. The molecule has 0 bridgehead atoms. The highest BCUT2D eigenvalue weighted by atomic mass is 31.2. The van der Waals surface area contributed by atoms with Crippen LogP contribution in [0.1, 0.15) is 209 Å². The van der Waals surface area contributed by atoms with E-state index in [2.05, 4.69) is 35.6 Å². The van der Waals surface area contributed by atoms with Crippen molar-refractivity contribution in [3.8, 4) is 0 Å². The minimum absolute atomic E-state index is 0. The minimum Gasteiger partial charge on any atom is -0.394 e. The number of nitrogens with two attached hydrogens (primary N) is 1. The molecule has 590 valence electrons. The predicted molar refractivity (Wildman–Crippen MR) is 371 cm³/mol. The van der Waals surface area contributed by atoms with Gasteiger partial charge in [-0.3, -0.25) is 33.0 Å². The zero-order valence-corrected chi connectivity index (χ0v) is 60.8. The van der Waals surface area contributed by atoms with E-state index in [4.69, 9.17) is 43.8 Å². The number of unbranched alkanes of at least 4 members (excludes halogenated alkanes) is 12. The van der Waals surface area contributed by atoms with Crippen molar-refractivity contribution in [1.82, 2.24) is 26.6 Å². The van der Waals surface area contributed by atoms with Crippen LogP contribution in [-0.2, 0) is 70.7 Å². The van der Waals surface area contributed by atoms with Gasteiger partial charge in [-0.15, -0.1) is 0 Å². The number of carbonyl (C=O) groups excluding carboxylic acids is 5. The molecule has 3 rings (SSSR count). The molecule has 0 radical (unpaired) electrons. The maximum Gasteiger partial charge on any atom is 0.471 e. The van der Waals surface area contributed by atoms with Gasteiger partial charge in [-0.2, -0.15) is 0 Å². The van der Waals surface area contributed by atoms with Gasteiger partial charge in [-0.25, -0.2) is 4.57 Å². The van der Waals surface area contributed by atoms with Crippen LogP contribution in [0.2, 0.25) is 0 Å². The second-order valence-corrected chi connectivity index (χ2v) is 28.2. The fraction of sp³-hybridized carbons (Fsp3) is 0.926. The Morgan fingerprint density at radius 2 is 0.770 bits per heavy atom. The molecule has 0 aromatic rings. The molecule has 32 heteroatoms. The maximum atomic E-state index is 13.9. The Morgan fingerprint density at radius 3 is 1.11 bits per heavy atom. The molecule has 0 aromatic carbocycles. The van der Waals surface area contributed by atoms with Gasteiger partial charge in [0.15, 0.2) is 18.9 Å². The highest BCUT2D eigenvalue weighted by Crippen LogP contribution is 2.42. The minimum atomic E-state index is -3.75. The van der Waals surface area contributed by atoms with Crippen molar-refractivity contribution in [2.75, 3.05) is 92.7 Å². The second-order valence-electron chi connectivity index (χ2n) is 26.6. The zero-order valence-electron chi connectivity index (χ0n) is 59.9. The first-order chi connectivity index (χ1) is 47.3. The van der Waals surface area contributed by atoms with Gasteiger partial charge >= 0.3 is 7.82 Å². The molecular weight excluding hydrogens is 1330 g/mol. The summed E-state index contributed by atoms with van der Waals surface area (Å²) >= 11 is 0. The van der Waals surface area contributed by atoms with Crippen LogP contribution in [0.3, 0.4) is 0 Å². The highest BCUT2D eigenvalue weighted by Gasteiger charge is 2.45. The van der Waals surface area contributed by atoms with Crippen LogP contribution in [0.15, 0.2) is 0 Å². The van der Waals surface area contributed by atoms with Gasteiger partial charge in [0.05, 0.1) is 50.8 Å². The van der Waals surface area contributed by atoms with Crippen molar-refractivity contribution in [3.05, 3.63) is 0 Å². The summed E-state index contributed by atoms with van der Waals surface area (Å²) in [5, 5.41) is 105. The van der Waals surface area contributed by atoms with Crippen LogP contribution in [-0.4, -0.2) is 259 Å². The first-order valence-corrected chi connectivity index (χ1v) is 37.7. The van der Waals surface area contributed by atoms with Gasteiger partial charge < -0.3 is 116 Å². The summed E-state index contributed by atoms with van der Waals surface area (Å²) in [5.74, 6) is -2.89. The van der Waals surface area contributed by atoms with Gasteiger partial charge in [0.25, 0.3) is 0 Å². The molecule has 16 unspecified atom stereocenters. The van der Waals surface area contributed by atoms with Gasteiger partial charge in [0, 0.05) is 115 Å². The third-order valence-corrected chi connectivity index (χ3v) is 18.9. The number of rotatable bonds is 54. The third-order valence-electron chi connectivity index (χ3n) is 18.0. The largest absolute Gasteiger partial charge is 0.471 e. The average Bonchev–Trinajstić information content (AvgIpc) is 0.828. The molecule has 3 aliphatic rings. The molecule has 31 nitrogen and oxygen atoms in total. The summed E-state index contributed by atoms with van der Waals surface area (Å²) in [6.45, 7) is 11.6. The molecule has 0 spiro atoms. The third kappa shape index (κ3) is 39.8. The Balaban J connectivity index is 0.00000321. The first-order valence-electron chi connectivity index (χ1n) is 36.2. The lowest BCUT2D eigenvalue weighted by atomic mass is 9.82. The maximum absolute atomic E-state index is 13.9. The lowest BCUT2D eigenvalue weighted by molar-refractivity contribution is -0.282. The lowest BCUT2D eigenvalue weighted by Gasteiger charge is -2.40. The van der Waals surface area contributed by atoms with E-state index in [9.17, 15) is 74.5 Å². The lowest BCUT2D eigenvalue weighted by Crippen LogP contribution is -2.55. The van der Waals surface area contributed by atoms with Crippen LogP contribution < -0.4 is 32.3 Å². The normalized spacial score (nSPS) is 26.4. The molecule has 0 aliphatic carbocycles. The van der Waals surface area contributed by atoms with Crippen molar-refractivity contribution >= 4 is 37.4 Å². The number of phosphoric ester groups is 1. The Labute approximate surface area is 594 Å². The smallest absolute Gasteiger partial charge is 0.394 e. The summed E-state index contributed by atoms with van der Waals surface area (Å²) in [6.07, 6.45) is 1.60. The molecule has 100 heavy (non-hydrogen) atoms. The van der Waals surface area contributed by atoms with Crippen LogP contribution in [0, 0.1) is 17.8 Å². The monoisotopic (exact) mass is 1460 g/mol. The van der Waals surface area contributed by atoms with Gasteiger partial charge in [-0.05, 0) is 104 Å². The van der Waals surface area contributed by atoms with E-state index in [1.807, 2.05) is 13.8 Å². The molecule has 17 N–H and O–H groups in total. The number of hydrogen-bond acceptors (Lipinski definition) is 25. The number of amides is 5. The first kappa shape index (κ1) is 94.8. The summed E-state index contributed by atoms with van der Waals surface area (Å²) in [7, 11) is -2.61. The summed E-state index contributed by atoms with van der Waals surface area (Å²) in [6, 6.07) is 0. The van der Waals surface area contributed by atoms with Crippen molar-refractivity contribution in [3.63, 3.8) is 0 Å². The van der Waals surface area contributed by atoms with E-state index in [1.165, 1.54) is 0 Å². The molecule has 3 fully saturated rings. The van der Waals surface area contributed by atoms with Crippen molar-refractivity contribution in [2.45, 2.75) is 294 Å². The molecule has 0 saturated carbocycles. The van der Waals surface area contributed by atoms with Crippen molar-refractivity contribution in [1.29, 1.82) is 0 Å². The summed E-state index contributed by atoms with van der Waals surface area (Å²) < 4.78 is 59.6. The van der Waals surface area contributed by atoms with E-state index in [0.717, 1.165) is 71.3 Å². The van der Waals surface area contributed by atoms with Crippen molar-refractivity contribution < 1.29 is 122 Å². The fourth-order valence-electron chi connectivity index (χ4n) is 11.4. The van der Waals surface area contributed by atoms with E-state index in [0.29, 0.717) is 104 Å². The molecule has 5 amide bonds. The Kier molecular flexibility index (Phi) is 52.4. The number of phosphoric acid groups is 1. The molecule has 16 atom stereocenters. The van der Waals surface area contributed by atoms with Crippen LogP contribution in [0.4, 0.5) is 0 Å². The molecular formula is C68H133N6O25P. The van der Waals surface area contributed by atoms with Crippen LogP contribution >= 0.6 is 7.82 Å². The number of aliphatic hydroxyl groups is 9. The molecule has 0 aromatic heterocycles. The molecule has 3 heterocycles. The van der Waals surface area contributed by atoms with E-state index in [1.54, 1.807) is 20.8 Å².